The van der Waals surface area contributed by atoms with Crippen LogP contribution in [0.4, 0.5) is 0 Å². The van der Waals surface area contributed by atoms with Gasteiger partial charge in [0, 0.05) is 4.47 Å². The van der Waals surface area contributed by atoms with Gasteiger partial charge in [-0.15, -0.1) is 0 Å². The Kier molecular flexibility index (Phi) is 17.6. The molecular weight excluding hydrogens is 448 g/mol. The number of halogens is 1. The lowest BCUT2D eigenvalue weighted by Gasteiger charge is -2.12. The van der Waals surface area contributed by atoms with Gasteiger partial charge < -0.3 is 38.6 Å². The zero-order valence-electron chi connectivity index (χ0n) is 16.9. The van der Waals surface area contributed by atoms with E-state index in [0.717, 1.165) is 15.6 Å². The lowest BCUT2D eigenvalue weighted by molar-refractivity contribution is 0.00359. The van der Waals surface area contributed by atoms with Crippen LogP contribution in [-0.2, 0) is 41.6 Å². The average Bonchev–Trinajstić information content (AvgIpc) is 2.73. The van der Waals surface area contributed by atoms with Crippen molar-refractivity contribution in [2.45, 2.75) is 13.2 Å². The standard InChI is InChI=1S/C20H33BrO8/c21-20-18(16-28-14-12-26-10-8-24-6-4-22)2-1-3-19(20)17-29-15-13-27-11-9-25-7-5-23/h1-3,22-23H,4-17H2. The van der Waals surface area contributed by atoms with Gasteiger partial charge in [0.25, 0.3) is 0 Å². The molecule has 0 spiro atoms. The summed E-state index contributed by atoms with van der Waals surface area (Å²) >= 11 is 3.62. The van der Waals surface area contributed by atoms with Crippen LogP contribution in [0.5, 0.6) is 0 Å². The first kappa shape index (κ1) is 26.4. The van der Waals surface area contributed by atoms with Gasteiger partial charge in [0.1, 0.15) is 0 Å². The molecule has 168 valence electrons. The molecule has 0 aliphatic heterocycles. The summed E-state index contributed by atoms with van der Waals surface area (Å²) in [6, 6.07) is 5.99. The minimum atomic E-state index is 0.0252. The molecule has 1 aromatic rings. The van der Waals surface area contributed by atoms with E-state index in [1.54, 1.807) is 0 Å². The van der Waals surface area contributed by atoms with Gasteiger partial charge in [-0.1, -0.05) is 34.1 Å². The van der Waals surface area contributed by atoms with Gasteiger partial charge in [-0.3, -0.25) is 0 Å². The molecule has 8 nitrogen and oxygen atoms in total. The molecule has 0 saturated carbocycles. The molecule has 0 radical (unpaired) electrons. The summed E-state index contributed by atoms with van der Waals surface area (Å²) in [5, 5.41) is 17.2. The molecule has 1 rings (SSSR count). The first-order valence-electron chi connectivity index (χ1n) is 9.74. The normalized spacial score (nSPS) is 11.3. The number of ether oxygens (including phenoxy) is 6. The van der Waals surface area contributed by atoms with Crippen LogP contribution in [0.15, 0.2) is 22.7 Å². The highest BCUT2D eigenvalue weighted by Crippen LogP contribution is 2.23. The molecule has 9 heteroatoms. The van der Waals surface area contributed by atoms with Crippen molar-refractivity contribution in [3.05, 3.63) is 33.8 Å². The van der Waals surface area contributed by atoms with Crippen LogP contribution in [0.1, 0.15) is 11.1 Å². The Bertz CT molecular complexity index is 463. The SMILES string of the molecule is OCCOCCOCCOCc1cccc(COCCOCCOCCO)c1Br. The van der Waals surface area contributed by atoms with Crippen LogP contribution in [-0.4, -0.2) is 89.5 Å². The number of aliphatic hydroxyl groups is 2. The van der Waals surface area contributed by atoms with Gasteiger partial charge in [0.05, 0.1) is 92.5 Å². The van der Waals surface area contributed by atoms with Crippen molar-refractivity contribution in [1.29, 1.82) is 0 Å². The van der Waals surface area contributed by atoms with Gasteiger partial charge >= 0.3 is 0 Å². The molecule has 0 aliphatic carbocycles. The zero-order valence-corrected chi connectivity index (χ0v) is 18.4. The van der Waals surface area contributed by atoms with Crippen molar-refractivity contribution in [2.24, 2.45) is 0 Å². The highest BCUT2D eigenvalue weighted by molar-refractivity contribution is 9.10. The van der Waals surface area contributed by atoms with E-state index in [2.05, 4.69) is 15.9 Å². The number of aliphatic hydroxyl groups excluding tert-OH is 2. The Hall–Kier alpha value is -0.620. The van der Waals surface area contributed by atoms with E-state index in [9.17, 15) is 0 Å². The van der Waals surface area contributed by atoms with Crippen molar-refractivity contribution in [2.75, 3.05) is 79.3 Å². The number of hydrogen-bond donors (Lipinski definition) is 2. The molecular formula is C20H33BrO8. The van der Waals surface area contributed by atoms with E-state index in [4.69, 9.17) is 38.6 Å². The summed E-state index contributed by atoms with van der Waals surface area (Å²) in [5.41, 5.74) is 2.10. The molecule has 0 aromatic heterocycles. The van der Waals surface area contributed by atoms with Crippen LogP contribution in [0.3, 0.4) is 0 Å². The van der Waals surface area contributed by atoms with E-state index in [1.165, 1.54) is 0 Å². The Morgan fingerprint density at radius 3 is 1.28 bits per heavy atom. The van der Waals surface area contributed by atoms with Crippen LogP contribution in [0, 0.1) is 0 Å². The molecule has 0 saturated heterocycles. The summed E-state index contributed by atoms with van der Waals surface area (Å²) in [7, 11) is 0. The quantitative estimate of drug-likeness (QED) is 0.271. The molecule has 0 aliphatic rings. The van der Waals surface area contributed by atoms with Crippen molar-refractivity contribution >= 4 is 15.9 Å². The van der Waals surface area contributed by atoms with Gasteiger partial charge in [0.2, 0.25) is 0 Å². The van der Waals surface area contributed by atoms with Crippen molar-refractivity contribution in [1.82, 2.24) is 0 Å². The monoisotopic (exact) mass is 480 g/mol. The summed E-state index contributed by atoms with van der Waals surface area (Å²) in [4.78, 5) is 0. The lowest BCUT2D eigenvalue weighted by Crippen LogP contribution is -2.11. The second kappa shape index (κ2) is 19.3. The maximum absolute atomic E-state index is 8.59. The van der Waals surface area contributed by atoms with Crippen LogP contribution in [0.2, 0.25) is 0 Å². The summed E-state index contributed by atoms with van der Waals surface area (Å²) in [6.07, 6.45) is 0. The summed E-state index contributed by atoms with van der Waals surface area (Å²) in [5.74, 6) is 0. The highest BCUT2D eigenvalue weighted by atomic mass is 79.9. The lowest BCUT2D eigenvalue weighted by atomic mass is 10.1. The molecule has 0 heterocycles. The second-order valence-corrected chi connectivity index (χ2v) is 6.69. The van der Waals surface area contributed by atoms with E-state index in [-0.39, 0.29) is 13.2 Å². The molecule has 0 fully saturated rings. The van der Waals surface area contributed by atoms with E-state index >= 15 is 0 Å². The Morgan fingerprint density at radius 1 is 0.552 bits per heavy atom. The Balaban J connectivity index is 2.11. The maximum Gasteiger partial charge on any atom is 0.0729 e. The Labute approximate surface area is 181 Å². The summed E-state index contributed by atoms with van der Waals surface area (Å²) < 4.78 is 33.3. The summed E-state index contributed by atoms with van der Waals surface area (Å²) in [6.45, 7) is 5.57. The number of hydrogen-bond acceptors (Lipinski definition) is 8. The molecule has 0 atom stereocenters. The molecule has 0 amide bonds. The Morgan fingerprint density at radius 2 is 0.897 bits per heavy atom. The minimum absolute atomic E-state index is 0.0252. The third kappa shape index (κ3) is 14.1. The van der Waals surface area contributed by atoms with Gasteiger partial charge in [-0.25, -0.2) is 0 Å². The van der Waals surface area contributed by atoms with Crippen LogP contribution in [0.25, 0.3) is 0 Å². The fourth-order valence-electron chi connectivity index (χ4n) is 2.23. The highest BCUT2D eigenvalue weighted by Gasteiger charge is 2.06. The van der Waals surface area contributed by atoms with Gasteiger partial charge in [-0.2, -0.15) is 0 Å². The van der Waals surface area contributed by atoms with Crippen LogP contribution < -0.4 is 0 Å². The molecule has 1 aromatic carbocycles. The van der Waals surface area contributed by atoms with Gasteiger partial charge in [0.15, 0.2) is 0 Å². The topological polar surface area (TPSA) is 95.8 Å². The van der Waals surface area contributed by atoms with Crippen LogP contribution >= 0.6 is 15.9 Å². The third-order valence-electron chi connectivity index (χ3n) is 3.63. The number of rotatable bonds is 20. The first-order valence-corrected chi connectivity index (χ1v) is 10.5. The largest absolute Gasteiger partial charge is 0.394 e. The van der Waals surface area contributed by atoms with Crippen molar-refractivity contribution in [3.8, 4) is 0 Å². The van der Waals surface area contributed by atoms with Gasteiger partial charge in [-0.05, 0) is 11.1 Å². The fraction of sp³-hybridized carbons (Fsp3) is 0.700. The molecule has 0 unspecified atom stereocenters. The number of benzene rings is 1. The van der Waals surface area contributed by atoms with E-state index in [0.29, 0.717) is 79.3 Å². The predicted octanol–water partition coefficient (Wildman–Crippen LogP) is 1.53. The third-order valence-corrected chi connectivity index (χ3v) is 4.65. The predicted molar refractivity (Wildman–Crippen MR) is 111 cm³/mol. The fourth-order valence-corrected chi connectivity index (χ4v) is 2.72. The first-order chi connectivity index (χ1) is 14.3. The second-order valence-electron chi connectivity index (χ2n) is 5.89. The zero-order chi connectivity index (χ0) is 21.0. The van der Waals surface area contributed by atoms with Crippen molar-refractivity contribution in [3.63, 3.8) is 0 Å². The molecule has 2 N–H and O–H groups in total. The average molecular weight is 481 g/mol. The maximum atomic E-state index is 8.59. The van der Waals surface area contributed by atoms with Crippen molar-refractivity contribution < 1.29 is 38.6 Å². The smallest absolute Gasteiger partial charge is 0.0729 e. The van der Waals surface area contributed by atoms with E-state index in [1.807, 2.05) is 18.2 Å². The molecule has 29 heavy (non-hydrogen) atoms. The minimum Gasteiger partial charge on any atom is -0.394 e. The molecule has 0 bridgehead atoms. The van der Waals surface area contributed by atoms with E-state index < -0.39 is 0 Å².